The summed E-state index contributed by atoms with van der Waals surface area (Å²) in [6.07, 6.45) is -0.933. The lowest BCUT2D eigenvalue weighted by molar-refractivity contribution is 0.0536. The van der Waals surface area contributed by atoms with Gasteiger partial charge in [0, 0.05) is 5.56 Å². The van der Waals surface area contributed by atoms with E-state index in [1.165, 1.54) is 0 Å². The minimum Gasteiger partial charge on any atom is -0.491 e. The van der Waals surface area contributed by atoms with Gasteiger partial charge in [0.05, 0.1) is 6.61 Å². The van der Waals surface area contributed by atoms with Gasteiger partial charge in [0.15, 0.2) is 22.8 Å². The number of aliphatic hydroxyl groups is 2. The monoisotopic (exact) mass is 343 g/mol. The first-order chi connectivity index (χ1) is 12.0. The normalized spacial score (nSPS) is 12.2. The topological polar surface area (TPSA) is 179 Å². The summed E-state index contributed by atoms with van der Waals surface area (Å²) in [7, 11) is 0. The first-order valence-electron chi connectivity index (χ1n) is 7.36. The smallest absolute Gasteiger partial charge is 0.224 e. The Hall–Kier alpha value is -3.24. The van der Waals surface area contributed by atoms with Crippen LogP contribution >= 0.6 is 0 Å². The van der Waals surface area contributed by atoms with Crippen LogP contribution in [0.15, 0.2) is 24.3 Å². The third-order valence-corrected chi connectivity index (χ3v) is 3.38. The molecule has 0 spiro atoms. The molecule has 0 radical (unpaired) electrons. The molecule has 0 fully saturated rings. The average molecular weight is 343 g/mol. The van der Waals surface area contributed by atoms with E-state index in [9.17, 15) is 5.11 Å². The molecule has 0 aliphatic rings. The largest absolute Gasteiger partial charge is 0.491 e. The standard InChI is InChI=1S/C15H17N7O3/c16-12-10(19-11-13(17)21-15(18)22-14(11)20-12)7-1-3-9(4-2-7)25-6-8(24)5-23/h1-4,8,23-24H,5-6H2,(H6,16,17,18,20,21,22). The van der Waals surface area contributed by atoms with Crippen molar-refractivity contribution in [1.82, 2.24) is 19.9 Å². The van der Waals surface area contributed by atoms with Gasteiger partial charge in [0.25, 0.3) is 0 Å². The Labute approximate surface area is 142 Å². The Kier molecular flexibility index (Phi) is 4.46. The molecular formula is C15H17N7O3. The highest BCUT2D eigenvalue weighted by Gasteiger charge is 2.13. The number of anilines is 3. The fraction of sp³-hybridized carbons (Fsp3) is 0.200. The van der Waals surface area contributed by atoms with Crippen LogP contribution in [0.5, 0.6) is 5.75 Å². The van der Waals surface area contributed by atoms with E-state index in [0.717, 1.165) is 0 Å². The molecular weight excluding hydrogens is 326 g/mol. The molecule has 10 nitrogen and oxygen atoms in total. The van der Waals surface area contributed by atoms with Gasteiger partial charge in [0.1, 0.15) is 24.2 Å². The van der Waals surface area contributed by atoms with Crippen LogP contribution < -0.4 is 21.9 Å². The lowest BCUT2D eigenvalue weighted by atomic mass is 10.1. The number of aromatic nitrogens is 4. The fourth-order valence-corrected chi connectivity index (χ4v) is 2.17. The van der Waals surface area contributed by atoms with Crippen molar-refractivity contribution in [2.24, 2.45) is 0 Å². The predicted molar refractivity (Wildman–Crippen MR) is 92.4 cm³/mol. The Morgan fingerprint density at radius 3 is 2.36 bits per heavy atom. The number of benzene rings is 1. The number of aliphatic hydroxyl groups excluding tert-OH is 2. The van der Waals surface area contributed by atoms with E-state index in [2.05, 4.69) is 19.9 Å². The van der Waals surface area contributed by atoms with Crippen LogP contribution in [-0.2, 0) is 0 Å². The SMILES string of the molecule is Nc1nc(N)c2nc(-c3ccc(OCC(O)CO)cc3)c(N)nc2n1. The average Bonchev–Trinajstić information content (AvgIpc) is 2.59. The summed E-state index contributed by atoms with van der Waals surface area (Å²) in [5, 5.41) is 18.1. The Morgan fingerprint density at radius 1 is 0.960 bits per heavy atom. The van der Waals surface area contributed by atoms with Gasteiger partial charge in [-0.05, 0) is 24.3 Å². The molecule has 3 rings (SSSR count). The number of fused-ring (bicyclic) bond motifs is 1. The number of ether oxygens (including phenoxy) is 1. The zero-order valence-electron chi connectivity index (χ0n) is 13.1. The van der Waals surface area contributed by atoms with Gasteiger partial charge in [0.2, 0.25) is 5.95 Å². The van der Waals surface area contributed by atoms with Crippen molar-refractivity contribution >= 4 is 28.7 Å². The maximum absolute atomic E-state index is 9.29. The van der Waals surface area contributed by atoms with Crippen LogP contribution in [0, 0.1) is 0 Å². The van der Waals surface area contributed by atoms with Gasteiger partial charge < -0.3 is 32.2 Å². The summed E-state index contributed by atoms with van der Waals surface area (Å²) in [4.78, 5) is 16.4. The van der Waals surface area contributed by atoms with E-state index in [1.807, 2.05) is 0 Å². The molecule has 2 aromatic heterocycles. The molecule has 2 heterocycles. The molecule has 10 heteroatoms. The van der Waals surface area contributed by atoms with Crippen LogP contribution in [0.4, 0.5) is 17.6 Å². The first-order valence-corrected chi connectivity index (χ1v) is 7.36. The third-order valence-electron chi connectivity index (χ3n) is 3.38. The number of hydrogen-bond donors (Lipinski definition) is 5. The van der Waals surface area contributed by atoms with Gasteiger partial charge >= 0.3 is 0 Å². The van der Waals surface area contributed by atoms with E-state index in [1.54, 1.807) is 24.3 Å². The second-order valence-electron chi connectivity index (χ2n) is 5.27. The Morgan fingerprint density at radius 2 is 1.68 bits per heavy atom. The molecule has 8 N–H and O–H groups in total. The molecule has 1 atom stereocenters. The van der Waals surface area contributed by atoms with Gasteiger partial charge in [-0.2, -0.15) is 9.97 Å². The van der Waals surface area contributed by atoms with E-state index in [4.69, 9.17) is 27.0 Å². The van der Waals surface area contributed by atoms with E-state index < -0.39 is 6.10 Å². The highest BCUT2D eigenvalue weighted by molar-refractivity contribution is 5.87. The summed E-state index contributed by atoms with van der Waals surface area (Å²) < 4.78 is 5.35. The predicted octanol–water partition coefficient (Wildman–Crippen LogP) is -0.435. The second-order valence-corrected chi connectivity index (χ2v) is 5.27. The van der Waals surface area contributed by atoms with Crippen molar-refractivity contribution in [2.75, 3.05) is 30.4 Å². The van der Waals surface area contributed by atoms with Crippen molar-refractivity contribution in [2.45, 2.75) is 6.10 Å². The second kappa shape index (κ2) is 6.71. The number of nitrogens with zero attached hydrogens (tertiary/aromatic N) is 4. The number of nitrogen functional groups attached to an aromatic ring is 3. The lowest BCUT2D eigenvalue weighted by Gasteiger charge is -2.11. The van der Waals surface area contributed by atoms with E-state index >= 15 is 0 Å². The Balaban J connectivity index is 1.92. The third kappa shape index (κ3) is 3.49. The minimum atomic E-state index is -0.933. The van der Waals surface area contributed by atoms with Crippen LogP contribution in [0.25, 0.3) is 22.4 Å². The zero-order valence-corrected chi connectivity index (χ0v) is 13.1. The van der Waals surface area contributed by atoms with Gasteiger partial charge in [-0.3, -0.25) is 0 Å². The maximum atomic E-state index is 9.29. The van der Waals surface area contributed by atoms with Crippen molar-refractivity contribution in [1.29, 1.82) is 0 Å². The van der Waals surface area contributed by atoms with Gasteiger partial charge in [-0.1, -0.05) is 0 Å². The van der Waals surface area contributed by atoms with Crippen LogP contribution in [0.1, 0.15) is 0 Å². The highest BCUT2D eigenvalue weighted by atomic mass is 16.5. The molecule has 0 aliphatic heterocycles. The molecule has 0 aliphatic carbocycles. The van der Waals surface area contributed by atoms with Crippen molar-refractivity contribution in [3.05, 3.63) is 24.3 Å². The van der Waals surface area contributed by atoms with Crippen LogP contribution in [0.3, 0.4) is 0 Å². The highest BCUT2D eigenvalue weighted by Crippen LogP contribution is 2.27. The molecule has 1 aromatic carbocycles. The van der Waals surface area contributed by atoms with Crippen LogP contribution in [-0.4, -0.2) is 49.5 Å². The molecule has 0 saturated heterocycles. The molecule has 0 amide bonds. The van der Waals surface area contributed by atoms with Crippen molar-refractivity contribution in [3.63, 3.8) is 0 Å². The van der Waals surface area contributed by atoms with E-state index in [-0.39, 0.29) is 36.4 Å². The van der Waals surface area contributed by atoms with Crippen molar-refractivity contribution in [3.8, 4) is 17.0 Å². The van der Waals surface area contributed by atoms with E-state index in [0.29, 0.717) is 22.5 Å². The summed E-state index contributed by atoms with van der Waals surface area (Å²) in [5.74, 6) is 0.820. The molecule has 3 aromatic rings. The number of hydrogen-bond acceptors (Lipinski definition) is 10. The molecule has 130 valence electrons. The maximum Gasteiger partial charge on any atom is 0.224 e. The zero-order chi connectivity index (χ0) is 18.0. The van der Waals surface area contributed by atoms with Gasteiger partial charge in [-0.15, -0.1) is 0 Å². The molecule has 1 unspecified atom stereocenters. The van der Waals surface area contributed by atoms with Gasteiger partial charge in [-0.25, -0.2) is 9.97 Å². The molecule has 0 saturated carbocycles. The Bertz CT molecular complexity index is 902. The molecule has 0 bridgehead atoms. The number of nitrogens with two attached hydrogens (primary N) is 3. The first kappa shape index (κ1) is 16.6. The summed E-state index contributed by atoms with van der Waals surface area (Å²) >= 11 is 0. The lowest BCUT2D eigenvalue weighted by Crippen LogP contribution is -2.21. The van der Waals surface area contributed by atoms with Crippen LogP contribution in [0.2, 0.25) is 0 Å². The number of rotatable bonds is 5. The van der Waals surface area contributed by atoms with Crippen molar-refractivity contribution < 1.29 is 14.9 Å². The molecule has 25 heavy (non-hydrogen) atoms. The summed E-state index contributed by atoms with van der Waals surface area (Å²) in [6, 6.07) is 6.85. The summed E-state index contributed by atoms with van der Waals surface area (Å²) in [5.41, 5.74) is 19.0. The summed E-state index contributed by atoms with van der Waals surface area (Å²) in [6.45, 7) is -0.377. The fourth-order valence-electron chi connectivity index (χ4n) is 2.17. The quantitative estimate of drug-likeness (QED) is 0.407. The minimum absolute atomic E-state index is 0.00183.